The summed E-state index contributed by atoms with van der Waals surface area (Å²) in [7, 11) is 63.1. The summed E-state index contributed by atoms with van der Waals surface area (Å²) in [6.45, 7) is 0. The summed E-state index contributed by atoms with van der Waals surface area (Å²) in [5.41, 5.74) is 0. The molecule has 0 heterocycles. The van der Waals surface area contributed by atoms with E-state index in [4.69, 9.17) is 145 Å². The summed E-state index contributed by atoms with van der Waals surface area (Å²) in [4.78, 5) is 0. The number of halogens is 18. The molecule has 0 amide bonds. The smallest absolute Gasteiger partial charge is 1.00 e. The largest absolute Gasteiger partial charge is 1.00 e. The third kappa shape index (κ3) is 305. The molecule has 0 rings (SSSR count). The normalized spacial score (nSPS) is 14.4. The minimum absolute atomic E-state index is 0. The summed E-state index contributed by atoms with van der Waals surface area (Å²) in [6, 6.07) is 0. The van der Waals surface area contributed by atoms with Gasteiger partial charge in [-0.25, -0.2) is 0 Å². The Hall–Kier alpha value is 10.1. The molecule has 0 bridgehead atoms. The maximum absolute atomic E-state index is 5.02. The van der Waals surface area contributed by atoms with Crippen molar-refractivity contribution in [2.75, 3.05) is 0 Å². The van der Waals surface area contributed by atoms with Crippen LogP contribution in [0.1, 0.15) is 0 Å². The van der Waals surface area contributed by atoms with Gasteiger partial charge in [-0.3, -0.25) is 0 Å². The van der Waals surface area contributed by atoms with Crippen LogP contribution >= 0.6 is 145 Å². The summed E-state index contributed by atoms with van der Waals surface area (Å²) in [6.07, 6.45) is 0. The maximum atomic E-state index is 5.02. The molecule has 0 fully saturated rings. The van der Waals surface area contributed by atoms with Crippen LogP contribution in [0.15, 0.2) is 0 Å². The Balaban J connectivity index is -0.0000000179. The van der Waals surface area contributed by atoms with E-state index < -0.39 is 25.9 Å². The maximum Gasteiger partial charge on any atom is 1.00 e. The van der Waals surface area contributed by atoms with Crippen molar-refractivity contribution < 1.29 is 152 Å². The van der Waals surface area contributed by atoms with Crippen LogP contribution in [-0.4, -0.2) is 0 Å². The van der Waals surface area contributed by atoms with Gasteiger partial charge in [-0.15, -0.1) is 0 Å². The molecular formula is Cl18Na3Rh3. The molecule has 0 radical (unpaired) electrons. The second kappa shape index (κ2) is 21.2. The van der Waals surface area contributed by atoms with Gasteiger partial charge in [0.15, 0.2) is 0 Å². The van der Waals surface area contributed by atoms with E-state index in [9.17, 15) is 0 Å². The minimum Gasteiger partial charge on any atom is 1.00 e. The van der Waals surface area contributed by atoms with Crippen LogP contribution in [0.5, 0.6) is 0 Å². The van der Waals surface area contributed by atoms with E-state index in [1.165, 1.54) is 0 Å². The van der Waals surface area contributed by atoms with E-state index in [1.807, 2.05) is 0 Å². The molecule has 0 aromatic heterocycles. The molecule has 0 saturated heterocycles. The summed E-state index contributed by atoms with van der Waals surface area (Å²) < 4.78 is 0. The first kappa shape index (κ1) is 59.3. The van der Waals surface area contributed by atoms with Gasteiger partial charge in [0.05, 0.1) is 0 Å². The zero-order chi connectivity index (χ0) is 16.3. The van der Waals surface area contributed by atoms with Gasteiger partial charge in [-0.2, -0.15) is 0 Å². The van der Waals surface area contributed by atoms with Gasteiger partial charge < -0.3 is 37.2 Å². The molecule has 0 aromatic carbocycles. The standard InChI is InChI=1S/18ClH.3Na.3Rh/h18*1H;;;;;;/q;;;;;;;;;;;;;;;;;;3*+1;3*+5/p-18. The fourth-order valence-electron chi connectivity index (χ4n) is 0. The summed E-state index contributed by atoms with van der Waals surface area (Å²) >= 11 is 0. The van der Waals surface area contributed by atoms with Crippen molar-refractivity contribution in [2.45, 2.75) is 0 Å². The van der Waals surface area contributed by atoms with Crippen molar-refractivity contribution >= 4 is 145 Å². The molecule has 156 valence electrons. The molecule has 0 aliphatic heterocycles. The van der Waals surface area contributed by atoms with E-state index in [-0.39, 0.29) is 126 Å². The van der Waals surface area contributed by atoms with Gasteiger partial charge in [0.1, 0.15) is 0 Å². The van der Waals surface area contributed by atoms with Crippen molar-refractivity contribution in [1.82, 2.24) is 0 Å². The molecule has 0 N–H and O–H groups in total. The van der Waals surface area contributed by atoms with Crippen molar-refractivity contribution in [1.29, 1.82) is 0 Å². The van der Waals surface area contributed by atoms with Crippen molar-refractivity contribution in [2.24, 2.45) is 0 Å². The topological polar surface area (TPSA) is 0 Å². The van der Waals surface area contributed by atoms with Gasteiger partial charge >= 0.3 is 260 Å². The van der Waals surface area contributed by atoms with E-state index >= 15 is 0 Å². The Morgan fingerprint density at radius 3 is 0.250 bits per heavy atom. The number of hydrogen-bond donors (Lipinski definition) is 0. The van der Waals surface area contributed by atoms with Crippen LogP contribution in [0, 0.1) is 0 Å². The predicted octanol–water partition coefficient (Wildman–Crippen LogP) is -7.64. The number of rotatable bonds is 0. The molecule has 0 aliphatic rings. The second-order valence-corrected chi connectivity index (χ2v) is 76.1. The van der Waals surface area contributed by atoms with Crippen molar-refractivity contribution in [3.05, 3.63) is 0 Å². The average molecular weight is 1020 g/mol. The Morgan fingerprint density at radius 1 is 0.250 bits per heavy atom. The van der Waals surface area contributed by atoms with Crippen LogP contribution in [0.4, 0.5) is 0 Å². The van der Waals surface area contributed by atoms with Gasteiger partial charge in [-0.1, -0.05) is 0 Å². The zero-order valence-corrected chi connectivity index (χ0v) is 35.3. The van der Waals surface area contributed by atoms with E-state index in [0.717, 1.165) is 0 Å². The summed E-state index contributed by atoms with van der Waals surface area (Å²) in [5.74, 6) is 0. The second-order valence-electron chi connectivity index (χ2n) is 1.43. The van der Waals surface area contributed by atoms with E-state index in [2.05, 4.69) is 0 Å². The molecule has 0 nitrogen and oxygen atoms in total. The third-order valence-electron chi connectivity index (χ3n) is 0. The zero-order valence-electron chi connectivity index (χ0n) is 10.8. The van der Waals surface area contributed by atoms with Crippen molar-refractivity contribution in [3.8, 4) is 0 Å². The Kier molecular flexibility index (Phi) is 52.4. The van der Waals surface area contributed by atoms with E-state index in [0.29, 0.717) is 0 Å². The first-order valence-corrected chi connectivity index (χ1v) is 33.5. The molecule has 24 heavy (non-hydrogen) atoms. The van der Waals surface area contributed by atoms with Crippen molar-refractivity contribution in [3.63, 3.8) is 0 Å². The Bertz CT molecular complexity index is 173. The third-order valence-corrected chi connectivity index (χ3v) is 0. The first-order chi connectivity index (χ1) is 6.71. The Morgan fingerprint density at radius 2 is 0.250 bits per heavy atom. The molecular weight excluding hydrogens is 1020 g/mol. The van der Waals surface area contributed by atoms with Crippen LogP contribution < -0.4 is 126 Å². The molecule has 0 atom stereocenters. The van der Waals surface area contributed by atoms with Gasteiger partial charge in [-0.05, 0) is 0 Å². The fraction of sp³-hybridized carbons (Fsp3) is 0. The molecule has 0 unspecified atom stereocenters. The molecule has 24 heteroatoms. The quantitative estimate of drug-likeness (QED) is 0.212. The Labute approximate surface area is 289 Å². The monoisotopic (exact) mass is 1010 g/mol. The van der Waals surface area contributed by atoms with E-state index in [1.54, 1.807) is 0 Å². The first-order valence-electron chi connectivity index (χ1n) is 1.89. The van der Waals surface area contributed by atoms with Gasteiger partial charge in [0, 0.05) is 0 Å². The predicted molar refractivity (Wildman–Crippen MR) is 87.8 cm³/mol. The fourth-order valence-corrected chi connectivity index (χ4v) is 0. The molecule has 0 aliphatic carbocycles. The SMILES string of the molecule is [Cl-].[Cl-].[Cl-].[Cl][Rh]([Cl])([Cl])([Cl])[Cl].[Cl][Rh]([Cl])([Cl])([Cl])[Cl].[Cl][Rh]([Cl])([Cl])([Cl])[Cl].[Na+].[Na+].[Na+]. The average Bonchev–Trinajstić information content (AvgIpc) is 1.29. The summed E-state index contributed by atoms with van der Waals surface area (Å²) in [5, 5.41) is 0. The van der Waals surface area contributed by atoms with Crippen LogP contribution in [0.2, 0.25) is 0 Å². The van der Waals surface area contributed by atoms with Gasteiger partial charge in [0.2, 0.25) is 0 Å². The van der Waals surface area contributed by atoms with Crippen LogP contribution in [0.3, 0.4) is 0 Å². The van der Waals surface area contributed by atoms with Crippen LogP contribution in [0.25, 0.3) is 0 Å². The molecule has 0 spiro atoms. The van der Waals surface area contributed by atoms with Gasteiger partial charge in [0.25, 0.3) is 0 Å². The number of hydrogen-bond acceptors (Lipinski definition) is 0. The minimum atomic E-state index is -4.04. The molecule has 0 saturated carbocycles. The molecule has 0 aromatic rings. The van der Waals surface area contributed by atoms with Crippen LogP contribution in [-0.2, 0) is 25.9 Å².